The fourth-order valence-electron chi connectivity index (χ4n) is 3.69. The van der Waals surface area contributed by atoms with Crippen LogP contribution >= 0.6 is 0 Å². The van der Waals surface area contributed by atoms with Crippen molar-refractivity contribution in [2.45, 2.75) is 13.8 Å². The van der Waals surface area contributed by atoms with Crippen LogP contribution in [0.2, 0.25) is 0 Å². The van der Waals surface area contributed by atoms with Crippen LogP contribution in [0.15, 0.2) is 53.4 Å². The average molecular weight is 334 g/mol. The molecule has 0 heterocycles. The van der Waals surface area contributed by atoms with Crippen LogP contribution in [0.3, 0.4) is 0 Å². The SMILES string of the molecule is [C-]#[N+]/C(C#N)=C1/c2ccc(C)cc2/C(=C(\C#N)[N+]#[C-])C2C=CC(C)=CC12. The van der Waals surface area contributed by atoms with Crippen LogP contribution in [-0.4, -0.2) is 0 Å². The number of nitrogens with zero attached hydrogens (tertiary/aromatic N) is 4. The molecule has 2 aliphatic carbocycles. The fourth-order valence-corrected chi connectivity index (χ4v) is 3.69. The van der Waals surface area contributed by atoms with Crippen molar-refractivity contribution in [2.75, 3.05) is 0 Å². The summed E-state index contributed by atoms with van der Waals surface area (Å²) in [4.78, 5) is 6.90. The molecule has 2 unspecified atom stereocenters. The fraction of sp³-hybridized carbons (Fsp3) is 0.182. The number of nitriles is 2. The van der Waals surface area contributed by atoms with Gasteiger partial charge in [-0.2, -0.15) is 0 Å². The second-order valence-corrected chi connectivity index (χ2v) is 6.34. The predicted octanol–water partition coefficient (Wildman–Crippen LogP) is 5.07. The molecule has 0 amide bonds. The van der Waals surface area contributed by atoms with Gasteiger partial charge in [0.2, 0.25) is 0 Å². The Bertz CT molecular complexity index is 1070. The molecule has 0 fully saturated rings. The molecule has 4 heteroatoms. The molecule has 2 aliphatic rings. The van der Waals surface area contributed by atoms with Crippen molar-refractivity contribution < 1.29 is 0 Å². The zero-order valence-corrected chi connectivity index (χ0v) is 14.4. The van der Waals surface area contributed by atoms with E-state index in [9.17, 15) is 10.5 Å². The Hall–Kier alpha value is -3.86. The van der Waals surface area contributed by atoms with Gasteiger partial charge >= 0.3 is 0 Å². The van der Waals surface area contributed by atoms with Crippen LogP contribution in [0, 0.1) is 54.6 Å². The Labute approximate surface area is 152 Å². The molecule has 1 aromatic carbocycles. The van der Waals surface area contributed by atoms with Gasteiger partial charge in [-0.25, -0.2) is 20.2 Å². The van der Waals surface area contributed by atoms with E-state index in [1.807, 2.05) is 62.4 Å². The van der Waals surface area contributed by atoms with E-state index in [2.05, 4.69) is 9.69 Å². The zero-order valence-electron chi connectivity index (χ0n) is 14.4. The number of fused-ring (bicyclic) bond motifs is 2. The van der Waals surface area contributed by atoms with Gasteiger partial charge in [0.15, 0.2) is 0 Å². The highest BCUT2D eigenvalue weighted by Crippen LogP contribution is 2.51. The molecule has 122 valence electrons. The lowest BCUT2D eigenvalue weighted by Gasteiger charge is -2.37. The summed E-state index contributed by atoms with van der Waals surface area (Å²) < 4.78 is 0. The molecule has 0 spiro atoms. The van der Waals surface area contributed by atoms with Crippen LogP contribution in [0.1, 0.15) is 23.6 Å². The number of hydrogen-bond acceptors (Lipinski definition) is 2. The Morgan fingerprint density at radius 2 is 1.58 bits per heavy atom. The Morgan fingerprint density at radius 3 is 2.15 bits per heavy atom. The number of aryl methyl sites for hydroxylation is 1. The molecule has 0 saturated heterocycles. The van der Waals surface area contributed by atoms with E-state index in [4.69, 9.17) is 13.1 Å². The van der Waals surface area contributed by atoms with E-state index >= 15 is 0 Å². The quantitative estimate of drug-likeness (QED) is 0.491. The van der Waals surface area contributed by atoms with Gasteiger partial charge in [-0.05, 0) is 36.1 Å². The number of benzene rings is 1. The highest BCUT2D eigenvalue weighted by atomic mass is 14.7. The first-order chi connectivity index (χ1) is 12.5. The summed E-state index contributed by atoms with van der Waals surface area (Å²) in [6, 6.07) is 9.80. The van der Waals surface area contributed by atoms with Crippen molar-refractivity contribution in [3.8, 4) is 12.1 Å². The van der Waals surface area contributed by atoms with Gasteiger partial charge in [-0.3, -0.25) is 0 Å². The standard InChI is InChI=1S/C22H14N4/c1-13-5-7-15-17(9-13)21(19(11-23)25-3)16-8-6-14(2)10-18(16)22(15)20(12-24)26-4/h5-10,15,17H,1-2H3/b21-19-,22-20+. The summed E-state index contributed by atoms with van der Waals surface area (Å²) in [5.74, 6) is -0.476. The van der Waals surface area contributed by atoms with Crippen molar-refractivity contribution in [1.29, 1.82) is 10.5 Å². The van der Waals surface area contributed by atoms with Gasteiger partial charge in [-0.1, -0.05) is 47.6 Å². The van der Waals surface area contributed by atoms with E-state index in [-0.39, 0.29) is 23.2 Å². The smallest absolute Gasteiger partial charge is 0.226 e. The summed E-state index contributed by atoms with van der Waals surface area (Å²) in [7, 11) is 0. The molecule has 0 aromatic heterocycles. The van der Waals surface area contributed by atoms with E-state index in [0.717, 1.165) is 22.3 Å². The lowest BCUT2D eigenvalue weighted by molar-refractivity contribution is 0.679. The monoisotopic (exact) mass is 334 g/mol. The maximum absolute atomic E-state index is 9.51. The average Bonchev–Trinajstić information content (AvgIpc) is 2.64. The molecule has 0 radical (unpaired) electrons. The van der Waals surface area contributed by atoms with Crippen LogP contribution < -0.4 is 0 Å². The van der Waals surface area contributed by atoms with Crippen molar-refractivity contribution in [1.82, 2.24) is 0 Å². The summed E-state index contributed by atoms with van der Waals surface area (Å²) in [6.45, 7) is 18.8. The molecule has 0 N–H and O–H groups in total. The van der Waals surface area contributed by atoms with Crippen LogP contribution in [0.5, 0.6) is 0 Å². The topological polar surface area (TPSA) is 56.3 Å². The molecule has 2 atom stereocenters. The Morgan fingerprint density at radius 1 is 0.962 bits per heavy atom. The number of rotatable bonds is 0. The van der Waals surface area contributed by atoms with Gasteiger partial charge in [-0.15, -0.1) is 0 Å². The largest absolute Gasteiger partial charge is 0.266 e. The van der Waals surface area contributed by atoms with Crippen LogP contribution in [0.4, 0.5) is 0 Å². The van der Waals surface area contributed by atoms with Gasteiger partial charge in [0, 0.05) is 11.8 Å². The van der Waals surface area contributed by atoms with Crippen molar-refractivity contribution in [3.05, 3.63) is 92.9 Å². The summed E-state index contributed by atoms with van der Waals surface area (Å²) in [5, 5.41) is 19.0. The number of hydrogen-bond donors (Lipinski definition) is 0. The minimum atomic E-state index is -0.239. The lowest BCUT2D eigenvalue weighted by atomic mass is 9.66. The molecule has 26 heavy (non-hydrogen) atoms. The molecule has 1 aromatic rings. The second kappa shape index (κ2) is 6.57. The molecule has 3 rings (SSSR count). The van der Waals surface area contributed by atoms with E-state index in [1.165, 1.54) is 0 Å². The summed E-state index contributed by atoms with van der Waals surface area (Å²) in [5.41, 5.74) is 5.03. The van der Waals surface area contributed by atoms with Gasteiger partial charge in [0.1, 0.15) is 0 Å². The van der Waals surface area contributed by atoms with Crippen molar-refractivity contribution >= 4 is 11.1 Å². The first-order valence-corrected chi connectivity index (χ1v) is 8.07. The van der Waals surface area contributed by atoms with E-state index < -0.39 is 0 Å². The maximum atomic E-state index is 9.51. The lowest BCUT2D eigenvalue weighted by Crippen LogP contribution is -2.24. The van der Waals surface area contributed by atoms with Crippen LogP contribution in [-0.2, 0) is 0 Å². The first kappa shape index (κ1) is 17.0. The zero-order chi connectivity index (χ0) is 18.8. The van der Waals surface area contributed by atoms with Gasteiger partial charge in [0.05, 0.1) is 25.3 Å². The highest BCUT2D eigenvalue weighted by Gasteiger charge is 2.38. The normalized spacial score (nSPS) is 23.8. The highest BCUT2D eigenvalue weighted by molar-refractivity contribution is 5.93. The van der Waals surface area contributed by atoms with Crippen LogP contribution in [0.25, 0.3) is 20.8 Å². The third kappa shape index (κ3) is 2.52. The first-order valence-electron chi connectivity index (χ1n) is 8.07. The van der Waals surface area contributed by atoms with E-state index in [1.54, 1.807) is 0 Å². The Kier molecular flexibility index (Phi) is 4.29. The third-order valence-corrected chi connectivity index (χ3v) is 4.76. The van der Waals surface area contributed by atoms with E-state index in [0.29, 0.717) is 11.1 Å². The third-order valence-electron chi connectivity index (χ3n) is 4.76. The second-order valence-electron chi connectivity index (χ2n) is 6.34. The summed E-state index contributed by atoms with van der Waals surface area (Å²) in [6.07, 6.45) is 5.95. The molecular formula is C22H14N4. The molecule has 0 aliphatic heterocycles. The van der Waals surface area contributed by atoms with Gasteiger partial charge in [0.25, 0.3) is 11.4 Å². The van der Waals surface area contributed by atoms with Crippen molar-refractivity contribution in [2.24, 2.45) is 11.8 Å². The Balaban J connectivity index is 2.51. The maximum Gasteiger partial charge on any atom is 0.266 e. The summed E-state index contributed by atoms with van der Waals surface area (Å²) >= 11 is 0. The van der Waals surface area contributed by atoms with Crippen molar-refractivity contribution in [3.63, 3.8) is 0 Å². The molecule has 0 saturated carbocycles. The minimum absolute atomic E-state index is 0.0600. The molecule has 0 bridgehead atoms. The molecular weight excluding hydrogens is 320 g/mol. The molecule has 4 nitrogen and oxygen atoms in total. The number of allylic oxidation sites excluding steroid dienone is 8. The van der Waals surface area contributed by atoms with Gasteiger partial charge < -0.3 is 0 Å². The predicted molar refractivity (Wildman–Crippen MR) is 99.3 cm³/mol. The minimum Gasteiger partial charge on any atom is -0.226 e.